The van der Waals surface area contributed by atoms with Crippen LogP contribution in [-0.4, -0.2) is 13.1 Å². The summed E-state index contributed by atoms with van der Waals surface area (Å²) in [6.07, 6.45) is 2.56. The molecule has 1 aromatic rings. The van der Waals surface area contributed by atoms with Gasteiger partial charge in [0.25, 0.3) is 0 Å². The largest absolute Gasteiger partial charge is 0.466 e. The van der Waals surface area contributed by atoms with Crippen molar-refractivity contribution < 1.29 is 13.9 Å². The van der Waals surface area contributed by atoms with Crippen LogP contribution in [0.25, 0.3) is 0 Å². The molecule has 0 saturated carbocycles. The number of hydrogen-bond donors (Lipinski definition) is 1. The van der Waals surface area contributed by atoms with Gasteiger partial charge in [-0.05, 0) is 43.4 Å². The zero-order chi connectivity index (χ0) is 20.1. The summed E-state index contributed by atoms with van der Waals surface area (Å²) in [5.74, 6) is -1.19. The fourth-order valence-electron chi connectivity index (χ4n) is 3.23. The molecule has 0 aromatic heterocycles. The molecule has 0 fully saturated rings. The van der Waals surface area contributed by atoms with E-state index in [4.69, 9.17) is 16.3 Å². The second-order valence-corrected chi connectivity index (χ2v) is 7.22. The van der Waals surface area contributed by atoms with Gasteiger partial charge in [-0.15, -0.1) is 0 Å². The van der Waals surface area contributed by atoms with E-state index in [-0.39, 0.29) is 5.02 Å². The fraction of sp³-hybridized carbons (Fsp3) is 0.429. The highest BCUT2D eigenvalue weighted by Gasteiger charge is 2.36. The van der Waals surface area contributed by atoms with Gasteiger partial charge in [0, 0.05) is 16.4 Å². The van der Waals surface area contributed by atoms with E-state index in [0.717, 1.165) is 18.5 Å². The SMILES string of the molecule is CCC(C)CCC1=C(C(=O)OC)C(c2ccc(F)cc2Cl)C(C#N)=C(C)N1. The molecule has 4 nitrogen and oxygen atoms in total. The van der Waals surface area contributed by atoms with Crippen molar-refractivity contribution in [2.75, 3.05) is 7.11 Å². The van der Waals surface area contributed by atoms with Crippen LogP contribution in [0.3, 0.4) is 0 Å². The molecular formula is C21H24ClFN2O2. The molecule has 0 spiro atoms. The Balaban J connectivity index is 2.63. The van der Waals surface area contributed by atoms with Gasteiger partial charge in [-0.1, -0.05) is 37.9 Å². The minimum atomic E-state index is -0.691. The van der Waals surface area contributed by atoms with Gasteiger partial charge in [0.1, 0.15) is 5.82 Å². The zero-order valence-corrected chi connectivity index (χ0v) is 16.8. The lowest BCUT2D eigenvalue weighted by molar-refractivity contribution is -0.136. The molecule has 0 aliphatic carbocycles. The summed E-state index contributed by atoms with van der Waals surface area (Å²) in [7, 11) is 1.31. The predicted molar refractivity (Wildman–Crippen MR) is 103 cm³/mol. The van der Waals surface area contributed by atoms with E-state index in [1.165, 1.54) is 25.3 Å². The van der Waals surface area contributed by atoms with E-state index < -0.39 is 17.7 Å². The molecule has 2 atom stereocenters. The summed E-state index contributed by atoms with van der Waals surface area (Å²) in [4.78, 5) is 12.7. The molecule has 0 saturated heterocycles. The van der Waals surface area contributed by atoms with Crippen LogP contribution < -0.4 is 5.32 Å². The van der Waals surface area contributed by atoms with Gasteiger partial charge in [0.2, 0.25) is 0 Å². The van der Waals surface area contributed by atoms with Crippen LogP contribution in [0.4, 0.5) is 4.39 Å². The number of dihydropyridines is 1. The number of methoxy groups -OCH3 is 1. The van der Waals surface area contributed by atoms with Crippen molar-refractivity contribution >= 4 is 17.6 Å². The Hall–Kier alpha value is -2.32. The van der Waals surface area contributed by atoms with Gasteiger partial charge in [-0.25, -0.2) is 9.18 Å². The number of nitriles is 1. The van der Waals surface area contributed by atoms with Crippen LogP contribution in [0, 0.1) is 23.1 Å². The predicted octanol–water partition coefficient (Wildman–Crippen LogP) is 5.22. The Morgan fingerprint density at radius 2 is 2.19 bits per heavy atom. The first-order valence-corrected chi connectivity index (χ1v) is 9.35. The normalized spacial score (nSPS) is 18.0. The van der Waals surface area contributed by atoms with E-state index in [2.05, 4.69) is 25.2 Å². The maximum Gasteiger partial charge on any atom is 0.336 e. The van der Waals surface area contributed by atoms with Gasteiger partial charge < -0.3 is 10.1 Å². The fourth-order valence-corrected chi connectivity index (χ4v) is 3.51. The number of halogens is 2. The van der Waals surface area contributed by atoms with Crippen molar-refractivity contribution in [2.24, 2.45) is 5.92 Å². The maximum atomic E-state index is 13.5. The van der Waals surface area contributed by atoms with Crippen molar-refractivity contribution in [3.05, 3.63) is 57.1 Å². The third kappa shape index (κ3) is 4.51. The summed E-state index contributed by atoms with van der Waals surface area (Å²) in [5, 5.41) is 13.1. The molecule has 1 heterocycles. The van der Waals surface area contributed by atoms with E-state index in [1.807, 2.05) is 0 Å². The summed E-state index contributed by atoms with van der Waals surface area (Å²) in [6, 6.07) is 6.16. The van der Waals surface area contributed by atoms with E-state index in [9.17, 15) is 14.4 Å². The number of rotatable bonds is 6. The van der Waals surface area contributed by atoms with Gasteiger partial charge in [0.05, 0.1) is 30.2 Å². The number of ether oxygens (including phenoxy) is 1. The first kappa shape index (κ1) is 21.0. The van der Waals surface area contributed by atoms with Gasteiger partial charge in [0.15, 0.2) is 0 Å². The first-order valence-electron chi connectivity index (χ1n) is 8.98. The van der Waals surface area contributed by atoms with Gasteiger partial charge >= 0.3 is 5.97 Å². The molecule has 2 unspecified atom stereocenters. The standard InChI is InChI=1S/C21H24ClFN2O2/c1-5-12(2)6-9-18-20(21(26)27-4)19(16(11-24)13(3)25-18)15-8-7-14(23)10-17(15)22/h7-8,10,12,19,25H,5-6,9H2,1-4H3. The average Bonchev–Trinajstić information content (AvgIpc) is 2.65. The molecule has 1 aromatic carbocycles. The maximum absolute atomic E-state index is 13.5. The van der Waals surface area contributed by atoms with Crippen molar-refractivity contribution in [1.82, 2.24) is 5.32 Å². The van der Waals surface area contributed by atoms with Crippen molar-refractivity contribution in [3.8, 4) is 6.07 Å². The number of carbonyl (C=O) groups excluding carboxylic acids is 1. The summed E-state index contributed by atoms with van der Waals surface area (Å²) in [5.41, 5.74) is 2.63. The van der Waals surface area contributed by atoms with Crippen molar-refractivity contribution in [2.45, 2.75) is 46.0 Å². The minimum absolute atomic E-state index is 0.171. The molecule has 0 bridgehead atoms. The van der Waals surface area contributed by atoms with Crippen LogP contribution in [0.5, 0.6) is 0 Å². The quantitative estimate of drug-likeness (QED) is 0.676. The molecule has 0 amide bonds. The van der Waals surface area contributed by atoms with E-state index >= 15 is 0 Å². The molecule has 1 aliphatic rings. The van der Waals surface area contributed by atoms with Gasteiger partial charge in [-0.2, -0.15) is 5.26 Å². The average molecular weight is 391 g/mol. The molecule has 2 rings (SSSR count). The van der Waals surface area contributed by atoms with Crippen LogP contribution >= 0.6 is 11.6 Å². The second-order valence-electron chi connectivity index (χ2n) is 6.81. The molecule has 144 valence electrons. The third-order valence-corrected chi connectivity index (χ3v) is 5.36. The summed E-state index contributed by atoms with van der Waals surface area (Å²) < 4.78 is 18.6. The monoisotopic (exact) mass is 390 g/mol. The summed E-state index contributed by atoms with van der Waals surface area (Å²) in [6.45, 7) is 6.06. The number of hydrogen-bond acceptors (Lipinski definition) is 4. The summed E-state index contributed by atoms with van der Waals surface area (Å²) >= 11 is 6.28. The lowest BCUT2D eigenvalue weighted by Gasteiger charge is -2.30. The Morgan fingerprint density at radius 3 is 2.74 bits per heavy atom. The number of nitrogens with one attached hydrogen (secondary N) is 1. The van der Waals surface area contributed by atoms with Gasteiger partial charge in [-0.3, -0.25) is 0 Å². The van der Waals surface area contributed by atoms with E-state index in [0.29, 0.717) is 34.7 Å². The molecule has 27 heavy (non-hydrogen) atoms. The molecular weight excluding hydrogens is 367 g/mol. The number of allylic oxidation sites excluding steroid dienone is 3. The lowest BCUT2D eigenvalue weighted by atomic mass is 9.79. The number of carbonyl (C=O) groups is 1. The Morgan fingerprint density at radius 1 is 1.48 bits per heavy atom. The Bertz CT molecular complexity index is 839. The zero-order valence-electron chi connectivity index (χ0n) is 16.0. The second kappa shape index (κ2) is 9.05. The molecule has 6 heteroatoms. The topological polar surface area (TPSA) is 62.1 Å². The highest BCUT2D eigenvalue weighted by Crippen LogP contribution is 2.42. The first-order chi connectivity index (χ1) is 12.8. The van der Waals surface area contributed by atoms with E-state index in [1.54, 1.807) is 6.92 Å². The Labute approximate surface area is 164 Å². The molecule has 1 N–H and O–H groups in total. The highest BCUT2D eigenvalue weighted by molar-refractivity contribution is 6.31. The number of nitrogens with zero attached hydrogens (tertiary/aromatic N) is 1. The minimum Gasteiger partial charge on any atom is -0.466 e. The lowest BCUT2D eigenvalue weighted by Crippen LogP contribution is -2.30. The molecule has 0 radical (unpaired) electrons. The van der Waals surface area contributed by atoms with Crippen molar-refractivity contribution in [1.29, 1.82) is 5.26 Å². The highest BCUT2D eigenvalue weighted by atomic mass is 35.5. The third-order valence-electron chi connectivity index (χ3n) is 5.03. The Kier molecular flexibility index (Phi) is 7.04. The van der Waals surface area contributed by atoms with Crippen LogP contribution in [0.15, 0.2) is 40.7 Å². The smallest absolute Gasteiger partial charge is 0.336 e. The van der Waals surface area contributed by atoms with Crippen molar-refractivity contribution in [3.63, 3.8) is 0 Å². The molecule has 1 aliphatic heterocycles. The van der Waals surface area contributed by atoms with Crippen LogP contribution in [0.2, 0.25) is 5.02 Å². The number of esters is 1. The van der Waals surface area contributed by atoms with Crippen LogP contribution in [-0.2, 0) is 9.53 Å². The van der Waals surface area contributed by atoms with Crippen LogP contribution in [0.1, 0.15) is 51.5 Å². The number of benzene rings is 1.